The van der Waals surface area contributed by atoms with Gasteiger partial charge >= 0.3 is 6.09 Å². The van der Waals surface area contributed by atoms with Crippen molar-refractivity contribution in [1.29, 1.82) is 0 Å². The van der Waals surface area contributed by atoms with Crippen molar-refractivity contribution in [1.82, 2.24) is 15.1 Å². The number of amides is 2. The summed E-state index contributed by atoms with van der Waals surface area (Å²) in [7, 11) is 0. The van der Waals surface area contributed by atoms with Crippen molar-refractivity contribution in [2.75, 3.05) is 5.32 Å². The van der Waals surface area contributed by atoms with Crippen LogP contribution in [0.4, 0.5) is 10.5 Å². The van der Waals surface area contributed by atoms with E-state index in [2.05, 4.69) is 15.7 Å². The quantitative estimate of drug-likeness (QED) is 0.518. The summed E-state index contributed by atoms with van der Waals surface area (Å²) in [5.74, 6) is -0.188. The first-order chi connectivity index (χ1) is 14.8. The highest BCUT2D eigenvalue weighted by molar-refractivity contribution is 6.30. The predicted molar refractivity (Wildman–Crippen MR) is 120 cm³/mol. The molecule has 162 valence electrons. The van der Waals surface area contributed by atoms with Gasteiger partial charge in [-0.2, -0.15) is 5.10 Å². The molecule has 7 nitrogen and oxygen atoms in total. The van der Waals surface area contributed by atoms with Crippen molar-refractivity contribution in [3.8, 4) is 0 Å². The zero-order valence-corrected chi connectivity index (χ0v) is 18.4. The topological polar surface area (TPSA) is 85.3 Å². The number of benzene rings is 2. The van der Waals surface area contributed by atoms with Gasteiger partial charge in [0.15, 0.2) is 0 Å². The van der Waals surface area contributed by atoms with E-state index in [9.17, 15) is 9.59 Å². The van der Waals surface area contributed by atoms with E-state index in [1.165, 1.54) is 0 Å². The first kappa shape index (κ1) is 22.4. The molecule has 0 aliphatic heterocycles. The molecule has 0 fully saturated rings. The number of nitrogens with zero attached hydrogens (tertiary/aromatic N) is 2. The predicted octanol–water partition coefficient (Wildman–Crippen LogP) is 5.36. The fourth-order valence-electron chi connectivity index (χ4n) is 3.00. The summed E-state index contributed by atoms with van der Waals surface area (Å²) in [5.41, 5.74) is 2.87. The molecule has 1 heterocycles. The molecule has 31 heavy (non-hydrogen) atoms. The molecule has 2 N–H and O–H groups in total. The van der Waals surface area contributed by atoms with Crippen LogP contribution in [-0.2, 0) is 11.3 Å². The summed E-state index contributed by atoms with van der Waals surface area (Å²) in [6.45, 7) is 5.99. The molecular weight excluding hydrogens is 416 g/mol. The van der Waals surface area contributed by atoms with Crippen LogP contribution in [0.15, 0.2) is 60.8 Å². The van der Waals surface area contributed by atoms with Crippen LogP contribution in [0.1, 0.15) is 54.5 Å². The summed E-state index contributed by atoms with van der Waals surface area (Å²) in [5, 5.41) is 10.5. The SMILES string of the molecule is CC(NC(=O)c1ccnn1C(C)C)c1ccc(NC(=O)OCc2ccc(Cl)cc2)cc1. The van der Waals surface area contributed by atoms with Gasteiger partial charge in [0, 0.05) is 22.9 Å². The number of halogens is 1. The van der Waals surface area contributed by atoms with E-state index in [0.717, 1.165) is 11.1 Å². The van der Waals surface area contributed by atoms with Gasteiger partial charge < -0.3 is 10.1 Å². The lowest BCUT2D eigenvalue weighted by atomic mass is 10.1. The Hall–Kier alpha value is -3.32. The third kappa shape index (κ3) is 6.08. The number of carbonyl (C=O) groups is 2. The minimum atomic E-state index is -0.550. The maximum absolute atomic E-state index is 12.6. The molecule has 0 spiro atoms. The molecule has 0 saturated heterocycles. The van der Waals surface area contributed by atoms with E-state index in [1.54, 1.807) is 53.3 Å². The Bertz CT molecular complexity index is 1030. The summed E-state index contributed by atoms with van der Waals surface area (Å²) in [6, 6.07) is 15.9. The Balaban J connectivity index is 1.52. The molecule has 0 saturated carbocycles. The van der Waals surface area contributed by atoms with Crippen LogP contribution >= 0.6 is 11.6 Å². The van der Waals surface area contributed by atoms with Gasteiger partial charge in [0.25, 0.3) is 5.91 Å². The van der Waals surface area contributed by atoms with Gasteiger partial charge in [-0.3, -0.25) is 14.8 Å². The molecule has 1 aromatic heterocycles. The number of aromatic nitrogens is 2. The van der Waals surface area contributed by atoms with Crippen LogP contribution in [0.2, 0.25) is 5.02 Å². The number of nitrogens with one attached hydrogen (secondary N) is 2. The van der Waals surface area contributed by atoms with Gasteiger partial charge in [-0.1, -0.05) is 35.9 Å². The molecule has 1 atom stereocenters. The van der Waals surface area contributed by atoms with Crippen LogP contribution in [-0.4, -0.2) is 21.8 Å². The molecular formula is C23H25ClN4O3. The summed E-state index contributed by atoms with van der Waals surface area (Å²) in [6.07, 6.45) is 1.07. The molecule has 0 aliphatic carbocycles. The zero-order valence-electron chi connectivity index (χ0n) is 17.6. The number of anilines is 1. The maximum atomic E-state index is 12.6. The third-order valence-corrected chi connectivity index (χ3v) is 4.93. The van der Waals surface area contributed by atoms with Crippen molar-refractivity contribution in [2.24, 2.45) is 0 Å². The van der Waals surface area contributed by atoms with Crippen LogP contribution in [0.25, 0.3) is 0 Å². The van der Waals surface area contributed by atoms with Crippen molar-refractivity contribution >= 4 is 29.3 Å². The summed E-state index contributed by atoms with van der Waals surface area (Å²) in [4.78, 5) is 24.6. The number of rotatable bonds is 7. The number of carbonyl (C=O) groups excluding carboxylic acids is 2. The largest absolute Gasteiger partial charge is 0.444 e. The van der Waals surface area contributed by atoms with Crippen LogP contribution in [0, 0.1) is 0 Å². The maximum Gasteiger partial charge on any atom is 0.411 e. The first-order valence-corrected chi connectivity index (χ1v) is 10.3. The minimum absolute atomic E-state index is 0.0934. The van der Waals surface area contributed by atoms with Crippen LogP contribution in [0.5, 0.6) is 0 Å². The second-order valence-electron chi connectivity index (χ2n) is 7.40. The van der Waals surface area contributed by atoms with E-state index in [4.69, 9.17) is 16.3 Å². The highest BCUT2D eigenvalue weighted by Gasteiger charge is 2.17. The van der Waals surface area contributed by atoms with E-state index in [-0.39, 0.29) is 24.6 Å². The Labute approximate surface area is 186 Å². The standard InChI is InChI=1S/C23H25ClN4O3/c1-15(2)28-21(12-13-25-28)22(29)26-16(3)18-6-10-20(11-7-18)27-23(30)31-14-17-4-8-19(24)9-5-17/h4-13,15-16H,14H2,1-3H3,(H,26,29)(H,27,30). The van der Waals surface area contributed by atoms with Crippen LogP contribution in [0.3, 0.4) is 0 Å². The zero-order chi connectivity index (χ0) is 22.4. The lowest BCUT2D eigenvalue weighted by Crippen LogP contribution is -2.29. The van der Waals surface area contributed by atoms with Crippen molar-refractivity contribution < 1.29 is 14.3 Å². The van der Waals surface area contributed by atoms with Gasteiger partial charge in [-0.05, 0) is 62.2 Å². The Kier molecular flexibility index (Phi) is 7.31. The fraction of sp³-hybridized carbons (Fsp3) is 0.261. The van der Waals surface area contributed by atoms with E-state index >= 15 is 0 Å². The highest BCUT2D eigenvalue weighted by atomic mass is 35.5. The second kappa shape index (κ2) is 10.1. The number of ether oxygens (including phenoxy) is 1. The molecule has 1 unspecified atom stereocenters. The Morgan fingerprint density at radius 2 is 1.71 bits per heavy atom. The number of hydrogen-bond acceptors (Lipinski definition) is 4. The van der Waals surface area contributed by atoms with Crippen molar-refractivity contribution in [3.63, 3.8) is 0 Å². The lowest BCUT2D eigenvalue weighted by Gasteiger charge is -2.16. The lowest BCUT2D eigenvalue weighted by molar-refractivity contribution is 0.0927. The minimum Gasteiger partial charge on any atom is -0.444 e. The molecule has 0 bridgehead atoms. The third-order valence-electron chi connectivity index (χ3n) is 4.68. The first-order valence-electron chi connectivity index (χ1n) is 9.96. The van der Waals surface area contributed by atoms with Gasteiger partial charge in [-0.25, -0.2) is 4.79 Å². The summed E-state index contributed by atoms with van der Waals surface area (Å²) >= 11 is 5.84. The van der Waals surface area contributed by atoms with Gasteiger partial charge in [0.2, 0.25) is 0 Å². The monoisotopic (exact) mass is 440 g/mol. The Morgan fingerprint density at radius 3 is 2.35 bits per heavy atom. The average molecular weight is 441 g/mol. The molecule has 2 amide bonds. The Morgan fingerprint density at radius 1 is 1.03 bits per heavy atom. The van der Waals surface area contributed by atoms with Gasteiger partial charge in [0.1, 0.15) is 12.3 Å². The van der Waals surface area contributed by atoms with Crippen LogP contribution < -0.4 is 10.6 Å². The molecule has 2 aromatic carbocycles. The van der Waals surface area contributed by atoms with E-state index in [0.29, 0.717) is 16.4 Å². The van der Waals surface area contributed by atoms with Gasteiger partial charge in [-0.15, -0.1) is 0 Å². The molecule has 3 aromatic rings. The number of hydrogen-bond donors (Lipinski definition) is 2. The molecule has 3 rings (SSSR count). The van der Waals surface area contributed by atoms with Crippen molar-refractivity contribution in [3.05, 3.63) is 82.6 Å². The molecule has 0 aliphatic rings. The van der Waals surface area contributed by atoms with E-state index < -0.39 is 6.09 Å². The fourth-order valence-corrected chi connectivity index (χ4v) is 3.12. The second-order valence-corrected chi connectivity index (χ2v) is 7.84. The van der Waals surface area contributed by atoms with E-state index in [1.807, 2.05) is 32.9 Å². The molecule has 0 radical (unpaired) electrons. The average Bonchev–Trinajstić information content (AvgIpc) is 3.24. The van der Waals surface area contributed by atoms with Crippen molar-refractivity contribution in [2.45, 2.75) is 39.5 Å². The molecule has 8 heteroatoms. The highest BCUT2D eigenvalue weighted by Crippen LogP contribution is 2.18. The van der Waals surface area contributed by atoms with Gasteiger partial charge in [0.05, 0.1) is 6.04 Å². The smallest absolute Gasteiger partial charge is 0.411 e. The normalized spacial score (nSPS) is 11.8. The summed E-state index contributed by atoms with van der Waals surface area (Å²) < 4.78 is 6.90.